The monoisotopic (exact) mass is 291 g/mol. The molecule has 3 heteroatoms. The number of aryl methyl sites for hydroxylation is 1. The summed E-state index contributed by atoms with van der Waals surface area (Å²) >= 11 is 7.75. The van der Waals surface area contributed by atoms with Crippen LogP contribution in [0.15, 0.2) is 35.7 Å². The standard InChI is InChI=1S/C16H18ClNS/c1-12-9-13(10-17)4-7-16(12)18(14-5-6-14)11-15-3-2-8-19-15/h2-4,7-9,14H,5-6,10-11H2,1H3. The molecule has 0 N–H and O–H groups in total. The van der Waals surface area contributed by atoms with Crippen molar-refractivity contribution in [2.45, 2.75) is 38.2 Å². The Bertz CT molecular complexity index is 546. The molecular weight excluding hydrogens is 274 g/mol. The van der Waals surface area contributed by atoms with Crippen molar-refractivity contribution in [3.63, 3.8) is 0 Å². The van der Waals surface area contributed by atoms with E-state index in [0.717, 1.165) is 12.6 Å². The van der Waals surface area contributed by atoms with Gasteiger partial charge >= 0.3 is 0 Å². The molecular formula is C16H18ClNS. The number of thiophene rings is 1. The molecule has 1 fully saturated rings. The lowest BCUT2D eigenvalue weighted by molar-refractivity contribution is 0.799. The third kappa shape index (κ3) is 2.96. The highest BCUT2D eigenvalue weighted by molar-refractivity contribution is 7.09. The summed E-state index contributed by atoms with van der Waals surface area (Å²) in [4.78, 5) is 3.99. The maximum atomic E-state index is 5.91. The summed E-state index contributed by atoms with van der Waals surface area (Å²) < 4.78 is 0. The van der Waals surface area contributed by atoms with Crippen LogP contribution in [0.1, 0.15) is 28.8 Å². The molecule has 2 aromatic rings. The molecule has 100 valence electrons. The molecule has 1 aliphatic rings. The van der Waals surface area contributed by atoms with Crippen molar-refractivity contribution < 1.29 is 0 Å². The van der Waals surface area contributed by atoms with E-state index >= 15 is 0 Å². The Morgan fingerprint density at radius 1 is 1.32 bits per heavy atom. The molecule has 0 bridgehead atoms. The first-order valence-corrected chi connectivity index (χ1v) is 8.14. The van der Waals surface area contributed by atoms with Crippen LogP contribution in [0.3, 0.4) is 0 Å². The van der Waals surface area contributed by atoms with Gasteiger partial charge in [0.1, 0.15) is 0 Å². The summed E-state index contributed by atoms with van der Waals surface area (Å²) in [6.45, 7) is 3.22. The van der Waals surface area contributed by atoms with E-state index in [9.17, 15) is 0 Å². The number of hydrogen-bond acceptors (Lipinski definition) is 2. The van der Waals surface area contributed by atoms with E-state index in [1.54, 1.807) is 0 Å². The smallest absolute Gasteiger partial charge is 0.0526 e. The highest BCUT2D eigenvalue weighted by Gasteiger charge is 2.30. The maximum absolute atomic E-state index is 5.91. The van der Waals surface area contributed by atoms with Gasteiger partial charge in [0.15, 0.2) is 0 Å². The molecule has 0 atom stereocenters. The molecule has 0 saturated heterocycles. The van der Waals surface area contributed by atoms with E-state index in [2.05, 4.69) is 47.5 Å². The highest BCUT2D eigenvalue weighted by Crippen LogP contribution is 2.35. The predicted octanol–water partition coefficient (Wildman–Crippen LogP) is 4.96. The first-order chi connectivity index (χ1) is 9.28. The van der Waals surface area contributed by atoms with Crippen LogP contribution < -0.4 is 4.90 Å². The van der Waals surface area contributed by atoms with Gasteiger partial charge in [0, 0.05) is 22.5 Å². The Morgan fingerprint density at radius 3 is 2.74 bits per heavy atom. The predicted molar refractivity (Wildman–Crippen MR) is 84.3 cm³/mol. The van der Waals surface area contributed by atoms with E-state index in [0.29, 0.717) is 5.88 Å². The fourth-order valence-corrected chi connectivity index (χ4v) is 3.36. The second-order valence-electron chi connectivity index (χ2n) is 5.19. The quantitative estimate of drug-likeness (QED) is 0.704. The van der Waals surface area contributed by atoms with Gasteiger partial charge in [-0.2, -0.15) is 0 Å². The minimum absolute atomic E-state index is 0.593. The SMILES string of the molecule is Cc1cc(CCl)ccc1N(Cc1cccs1)C1CC1. The van der Waals surface area contributed by atoms with Gasteiger partial charge in [-0.05, 0) is 48.4 Å². The molecule has 3 rings (SSSR count). The first kappa shape index (κ1) is 13.0. The third-order valence-electron chi connectivity index (χ3n) is 3.62. The van der Waals surface area contributed by atoms with Crippen LogP contribution in [-0.4, -0.2) is 6.04 Å². The zero-order valence-corrected chi connectivity index (χ0v) is 12.7. The Hall–Kier alpha value is -0.990. The number of nitrogens with zero attached hydrogens (tertiary/aromatic N) is 1. The number of benzene rings is 1. The van der Waals surface area contributed by atoms with E-state index < -0.39 is 0 Å². The first-order valence-electron chi connectivity index (χ1n) is 6.72. The summed E-state index contributed by atoms with van der Waals surface area (Å²) in [6.07, 6.45) is 2.64. The van der Waals surface area contributed by atoms with E-state index in [-0.39, 0.29) is 0 Å². The molecule has 0 radical (unpaired) electrons. The van der Waals surface area contributed by atoms with Crippen molar-refractivity contribution in [2.24, 2.45) is 0 Å². The topological polar surface area (TPSA) is 3.24 Å². The lowest BCUT2D eigenvalue weighted by Crippen LogP contribution is -2.25. The third-order valence-corrected chi connectivity index (χ3v) is 4.79. The lowest BCUT2D eigenvalue weighted by atomic mass is 10.1. The highest BCUT2D eigenvalue weighted by atomic mass is 35.5. The summed E-state index contributed by atoms with van der Waals surface area (Å²) in [5.74, 6) is 0.593. The fraction of sp³-hybridized carbons (Fsp3) is 0.375. The molecule has 1 saturated carbocycles. The largest absolute Gasteiger partial charge is 0.363 e. The molecule has 0 amide bonds. The Balaban J connectivity index is 1.87. The van der Waals surface area contributed by atoms with Gasteiger partial charge in [0.25, 0.3) is 0 Å². The minimum Gasteiger partial charge on any atom is -0.363 e. The van der Waals surface area contributed by atoms with Crippen LogP contribution in [0.2, 0.25) is 0 Å². The molecule has 1 aromatic heterocycles. The normalized spacial score (nSPS) is 14.6. The van der Waals surface area contributed by atoms with Crippen molar-refractivity contribution in [1.29, 1.82) is 0 Å². The van der Waals surface area contributed by atoms with Gasteiger partial charge in [-0.25, -0.2) is 0 Å². The molecule has 0 aliphatic heterocycles. The molecule has 1 nitrogen and oxygen atoms in total. The summed E-state index contributed by atoms with van der Waals surface area (Å²) in [5, 5.41) is 2.16. The second-order valence-corrected chi connectivity index (χ2v) is 6.49. The number of halogens is 1. The van der Waals surface area contributed by atoms with Crippen LogP contribution in [0, 0.1) is 6.92 Å². The molecule has 1 aromatic carbocycles. The molecule has 0 spiro atoms. The van der Waals surface area contributed by atoms with Crippen molar-refractivity contribution in [3.8, 4) is 0 Å². The average Bonchev–Trinajstić information content (AvgIpc) is 3.14. The van der Waals surface area contributed by atoms with Crippen molar-refractivity contribution >= 4 is 28.6 Å². The number of hydrogen-bond donors (Lipinski definition) is 0. The lowest BCUT2D eigenvalue weighted by Gasteiger charge is -2.26. The van der Waals surface area contributed by atoms with Gasteiger partial charge < -0.3 is 4.90 Å². The van der Waals surface area contributed by atoms with Gasteiger partial charge in [-0.15, -0.1) is 22.9 Å². The van der Waals surface area contributed by atoms with E-state index in [4.69, 9.17) is 11.6 Å². The fourth-order valence-electron chi connectivity index (χ4n) is 2.49. The van der Waals surface area contributed by atoms with Crippen LogP contribution >= 0.6 is 22.9 Å². The summed E-state index contributed by atoms with van der Waals surface area (Å²) in [7, 11) is 0. The molecule has 1 heterocycles. The minimum atomic E-state index is 0.593. The van der Waals surface area contributed by atoms with Gasteiger partial charge in [0.2, 0.25) is 0 Å². The van der Waals surface area contributed by atoms with Crippen LogP contribution in [0.5, 0.6) is 0 Å². The Kier molecular flexibility index (Phi) is 3.81. The van der Waals surface area contributed by atoms with E-state index in [1.165, 1.54) is 34.5 Å². The van der Waals surface area contributed by atoms with Crippen molar-refractivity contribution in [1.82, 2.24) is 0 Å². The van der Waals surface area contributed by atoms with Crippen molar-refractivity contribution in [3.05, 3.63) is 51.7 Å². The number of anilines is 1. The number of rotatable bonds is 5. The average molecular weight is 292 g/mol. The van der Waals surface area contributed by atoms with Gasteiger partial charge in [0.05, 0.1) is 6.54 Å². The Labute approximate surface area is 123 Å². The van der Waals surface area contributed by atoms with Crippen LogP contribution in [-0.2, 0) is 12.4 Å². The van der Waals surface area contributed by atoms with Gasteiger partial charge in [-0.1, -0.05) is 18.2 Å². The van der Waals surface area contributed by atoms with Crippen LogP contribution in [0.4, 0.5) is 5.69 Å². The van der Waals surface area contributed by atoms with Gasteiger partial charge in [-0.3, -0.25) is 0 Å². The summed E-state index contributed by atoms with van der Waals surface area (Å²) in [6, 6.07) is 11.7. The maximum Gasteiger partial charge on any atom is 0.0526 e. The summed E-state index contributed by atoms with van der Waals surface area (Å²) in [5.41, 5.74) is 3.90. The molecule has 19 heavy (non-hydrogen) atoms. The van der Waals surface area contributed by atoms with Crippen molar-refractivity contribution in [2.75, 3.05) is 4.90 Å². The zero-order chi connectivity index (χ0) is 13.2. The molecule has 1 aliphatic carbocycles. The van der Waals surface area contributed by atoms with E-state index in [1.807, 2.05) is 11.3 Å². The number of alkyl halides is 1. The zero-order valence-electron chi connectivity index (χ0n) is 11.1. The Morgan fingerprint density at radius 2 is 2.16 bits per heavy atom. The van der Waals surface area contributed by atoms with Crippen LogP contribution in [0.25, 0.3) is 0 Å². The molecule has 0 unspecified atom stereocenters. The second kappa shape index (κ2) is 5.56.